The molecule has 0 atom stereocenters. The van der Waals surface area contributed by atoms with Gasteiger partial charge in [0.1, 0.15) is 9.84 Å². The van der Waals surface area contributed by atoms with Crippen molar-refractivity contribution in [3.8, 4) is 0 Å². The first-order valence-electron chi connectivity index (χ1n) is 6.13. The first-order valence-corrected chi connectivity index (χ1v) is 8.48. The Hall–Kier alpha value is 0.160. The zero-order valence-corrected chi connectivity index (χ0v) is 11.9. The molecule has 0 spiro atoms. The van der Waals surface area contributed by atoms with Crippen molar-refractivity contribution >= 4 is 21.4 Å². The number of rotatable bonds is 7. The molecule has 0 saturated carbocycles. The van der Waals surface area contributed by atoms with Crippen molar-refractivity contribution in [2.24, 2.45) is 0 Å². The molecule has 6 heteroatoms. The van der Waals surface area contributed by atoms with Gasteiger partial charge in [-0.1, -0.05) is 6.92 Å². The van der Waals surface area contributed by atoms with Gasteiger partial charge in [-0.05, 0) is 25.8 Å². The van der Waals surface area contributed by atoms with Crippen molar-refractivity contribution in [1.29, 1.82) is 0 Å². The molecule has 0 amide bonds. The third-order valence-corrected chi connectivity index (χ3v) is 5.58. The molecule has 1 heterocycles. The van der Waals surface area contributed by atoms with Gasteiger partial charge < -0.3 is 10.1 Å². The lowest BCUT2D eigenvalue weighted by atomic mass is 9.92. The molecule has 1 saturated heterocycles. The van der Waals surface area contributed by atoms with Crippen molar-refractivity contribution in [2.75, 3.05) is 37.1 Å². The summed E-state index contributed by atoms with van der Waals surface area (Å²) in [5, 5.41) is 3.41. The van der Waals surface area contributed by atoms with E-state index in [1.165, 1.54) is 0 Å². The molecule has 17 heavy (non-hydrogen) atoms. The predicted octanol–water partition coefficient (Wildman–Crippen LogP) is 1.19. The maximum absolute atomic E-state index is 11.3. The predicted molar refractivity (Wildman–Crippen MR) is 70.5 cm³/mol. The lowest BCUT2D eigenvalue weighted by Gasteiger charge is -2.36. The Bertz CT molecular complexity index is 313. The molecule has 0 aromatic heterocycles. The minimum atomic E-state index is -2.85. The molecule has 1 N–H and O–H groups in total. The van der Waals surface area contributed by atoms with E-state index < -0.39 is 9.84 Å². The number of sulfone groups is 1. The molecule has 0 radical (unpaired) electrons. The Balaban J connectivity index is 2.29. The molecule has 102 valence electrons. The van der Waals surface area contributed by atoms with Gasteiger partial charge in [-0.25, -0.2) is 8.42 Å². The minimum absolute atomic E-state index is 0.0597. The maximum atomic E-state index is 11.3. The van der Waals surface area contributed by atoms with Crippen LogP contribution in [0.3, 0.4) is 0 Å². The summed E-state index contributed by atoms with van der Waals surface area (Å²) >= 11 is 6.00. The van der Waals surface area contributed by atoms with Gasteiger partial charge in [0.2, 0.25) is 0 Å². The van der Waals surface area contributed by atoms with Gasteiger partial charge in [-0.15, -0.1) is 11.6 Å². The SMILES string of the molecule is CCS(=O)(=O)CCCNC1(CCl)CCOCC1. The molecule has 1 aliphatic heterocycles. The number of ether oxygens (including phenoxy) is 1. The van der Waals surface area contributed by atoms with Crippen LogP contribution in [0.25, 0.3) is 0 Å². The number of hydrogen-bond acceptors (Lipinski definition) is 4. The van der Waals surface area contributed by atoms with Gasteiger partial charge in [-0.2, -0.15) is 0 Å². The topological polar surface area (TPSA) is 55.4 Å². The Morgan fingerprint density at radius 3 is 2.53 bits per heavy atom. The second kappa shape index (κ2) is 6.92. The Kier molecular flexibility index (Phi) is 6.20. The fraction of sp³-hybridized carbons (Fsp3) is 1.00. The second-order valence-electron chi connectivity index (χ2n) is 4.54. The summed E-state index contributed by atoms with van der Waals surface area (Å²) in [5.74, 6) is 1.03. The summed E-state index contributed by atoms with van der Waals surface area (Å²) in [5.41, 5.74) is -0.0597. The Labute approximate surface area is 109 Å². The molecular formula is C11H22ClNO3S. The molecule has 0 aromatic rings. The van der Waals surface area contributed by atoms with Crippen LogP contribution >= 0.6 is 11.6 Å². The van der Waals surface area contributed by atoms with Gasteiger partial charge >= 0.3 is 0 Å². The average Bonchev–Trinajstić information content (AvgIpc) is 2.36. The fourth-order valence-corrected chi connectivity index (χ4v) is 3.14. The average molecular weight is 284 g/mol. The molecule has 0 bridgehead atoms. The van der Waals surface area contributed by atoms with E-state index in [1.807, 2.05) is 0 Å². The van der Waals surface area contributed by atoms with E-state index in [-0.39, 0.29) is 17.0 Å². The van der Waals surface area contributed by atoms with Crippen LogP contribution in [0, 0.1) is 0 Å². The minimum Gasteiger partial charge on any atom is -0.381 e. The first kappa shape index (κ1) is 15.2. The van der Waals surface area contributed by atoms with Crippen LogP contribution < -0.4 is 5.32 Å². The van der Waals surface area contributed by atoms with Crippen molar-refractivity contribution in [1.82, 2.24) is 5.32 Å². The van der Waals surface area contributed by atoms with E-state index in [2.05, 4.69) is 5.32 Å². The number of halogens is 1. The quantitative estimate of drug-likeness (QED) is 0.563. The zero-order chi connectivity index (χ0) is 12.8. The highest BCUT2D eigenvalue weighted by Gasteiger charge is 2.30. The lowest BCUT2D eigenvalue weighted by Crippen LogP contribution is -2.51. The van der Waals surface area contributed by atoms with Crippen LogP contribution in [-0.2, 0) is 14.6 Å². The van der Waals surface area contributed by atoms with Crippen LogP contribution in [-0.4, -0.2) is 51.1 Å². The summed E-state index contributed by atoms with van der Waals surface area (Å²) in [6, 6.07) is 0. The third-order valence-electron chi connectivity index (χ3n) is 3.28. The van der Waals surface area contributed by atoms with E-state index in [0.29, 0.717) is 18.8 Å². The fourth-order valence-electron chi connectivity index (χ4n) is 1.91. The van der Waals surface area contributed by atoms with Gasteiger partial charge in [0.25, 0.3) is 0 Å². The molecule has 0 aromatic carbocycles. The summed E-state index contributed by atoms with van der Waals surface area (Å²) in [4.78, 5) is 0. The zero-order valence-electron chi connectivity index (χ0n) is 10.4. The highest BCUT2D eigenvalue weighted by molar-refractivity contribution is 7.91. The van der Waals surface area contributed by atoms with Crippen molar-refractivity contribution in [2.45, 2.75) is 31.7 Å². The highest BCUT2D eigenvalue weighted by atomic mass is 35.5. The number of alkyl halides is 1. The van der Waals surface area contributed by atoms with E-state index in [1.54, 1.807) is 6.92 Å². The van der Waals surface area contributed by atoms with E-state index in [4.69, 9.17) is 16.3 Å². The van der Waals surface area contributed by atoms with E-state index >= 15 is 0 Å². The molecule has 1 aliphatic rings. The van der Waals surface area contributed by atoms with Crippen molar-refractivity contribution < 1.29 is 13.2 Å². The number of nitrogens with one attached hydrogen (secondary N) is 1. The van der Waals surface area contributed by atoms with Gasteiger partial charge in [0.15, 0.2) is 0 Å². The highest BCUT2D eigenvalue weighted by Crippen LogP contribution is 2.22. The third kappa shape index (κ3) is 5.12. The smallest absolute Gasteiger partial charge is 0.150 e. The maximum Gasteiger partial charge on any atom is 0.150 e. The molecule has 1 rings (SSSR count). The molecule has 0 aliphatic carbocycles. The van der Waals surface area contributed by atoms with Crippen molar-refractivity contribution in [3.05, 3.63) is 0 Å². The normalized spacial score (nSPS) is 20.4. The summed E-state index contributed by atoms with van der Waals surface area (Å²) < 4.78 is 28.0. The lowest BCUT2D eigenvalue weighted by molar-refractivity contribution is 0.0468. The molecular weight excluding hydrogens is 262 g/mol. The summed E-state index contributed by atoms with van der Waals surface area (Å²) in [6.45, 7) is 3.84. The summed E-state index contributed by atoms with van der Waals surface area (Å²) in [7, 11) is -2.85. The molecule has 4 nitrogen and oxygen atoms in total. The number of hydrogen-bond donors (Lipinski definition) is 1. The second-order valence-corrected chi connectivity index (χ2v) is 7.28. The van der Waals surface area contributed by atoms with Crippen molar-refractivity contribution in [3.63, 3.8) is 0 Å². The van der Waals surface area contributed by atoms with Gasteiger partial charge in [0.05, 0.1) is 5.75 Å². The van der Waals surface area contributed by atoms with E-state index in [9.17, 15) is 8.42 Å². The first-order chi connectivity index (χ1) is 8.04. The van der Waals surface area contributed by atoms with Gasteiger partial charge in [0, 0.05) is 30.4 Å². The van der Waals surface area contributed by atoms with Crippen LogP contribution in [0.2, 0.25) is 0 Å². The Morgan fingerprint density at radius 2 is 2.00 bits per heavy atom. The molecule has 0 unspecified atom stereocenters. The van der Waals surface area contributed by atoms with Crippen LogP contribution in [0.15, 0.2) is 0 Å². The van der Waals surface area contributed by atoms with Crippen LogP contribution in [0.1, 0.15) is 26.2 Å². The van der Waals surface area contributed by atoms with E-state index in [0.717, 1.165) is 26.1 Å². The summed E-state index contributed by atoms with van der Waals surface area (Å²) in [6.07, 6.45) is 2.45. The monoisotopic (exact) mass is 283 g/mol. The largest absolute Gasteiger partial charge is 0.381 e. The van der Waals surface area contributed by atoms with Gasteiger partial charge in [-0.3, -0.25) is 0 Å². The Morgan fingerprint density at radius 1 is 1.35 bits per heavy atom. The van der Waals surface area contributed by atoms with Crippen LogP contribution in [0.5, 0.6) is 0 Å². The standard InChI is InChI=1S/C11H22ClNO3S/c1-2-17(14,15)9-3-6-13-11(10-12)4-7-16-8-5-11/h13H,2-10H2,1H3. The molecule has 1 fully saturated rings. The van der Waals surface area contributed by atoms with Crippen LogP contribution in [0.4, 0.5) is 0 Å².